The van der Waals surface area contributed by atoms with Crippen LogP contribution < -0.4 is 0 Å². The number of aliphatic imine (C=N–C) groups is 1. The molecule has 19 heavy (non-hydrogen) atoms. The van der Waals surface area contributed by atoms with E-state index in [1.54, 1.807) is 0 Å². The first-order valence-electron chi connectivity index (χ1n) is 7.07. The highest BCUT2D eigenvalue weighted by atomic mass is 33.1. The highest BCUT2D eigenvalue weighted by molar-refractivity contribution is 8.89. The molecule has 1 unspecified atom stereocenters. The van der Waals surface area contributed by atoms with Crippen LogP contribution in [0.3, 0.4) is 0 Å². The Hall–Kier alpha value is -0.0900. The van der Waals surface area contributed by atoms with E-state index in [9.17, 15) is 0 Å². The van der Waals surface area contributed by atoms with Crippen LogP contribution >= 0.6 is 20.7 Å². The number of rotatable bonds is 2. The molecule has 0 aromatic heterocycles. The average molecular weight is 301 g/mol. The van der Waals surface area contributed by atoms with E-state index in [-0.39, 0.29) is 5.41 Å². The second kappa shape index (κ2) is 4.73. The van der Waals surface area contributed by atoms with Gasteiger partial charge in [-0.2, -0.15) is 9.06 Å². The second-order valence-electron chi connectivity index (χ2n) is 7.40. The number of nitrogens with zero attached hydrogens (tertiary/aromatic N) is 2. The molecule has 0 radical (unpaired) electrons. The fraction of sp³-hybridized carbons (Fsp3) is 0.800. The molecule has 0 aliphatic carbocycles. The lowest BCUT2D eigenvalue weighted by Gasteiger charge is -2.51. The van der Waals surface area contributed by atoms with Gasteiger partial charge in [-0.25, -0.2) is 0 Å². The van der Waals surface area contributed by atoms with E-state index in [4.69, 9.17) is 16.7 Å². The maximum atomic E-state index is 5.14. The Morgan fingerprint density at radius 1 is 1.32 bits per heavy atom. The third-order valence-electron chi connectivity index (χ3n) is 3.84. The van der Waals surface area contributed by atoms with Crippen molar-refractivity contribution in [2.24, 2.45) is 16.3 Å². The maximum Gasteiger partial charge on any atom is 0.106 e. The number of hydrogen-bond acceptors (Lipinski definition) is 3. The highest BCUT2D eigenvalue weighted by Gasteiger charge is 2.43. The molecule has 2 rings (SSSR count). The molecule has 110 valence electrons. The van der Waals surface area contributed by atoms with Crippen molar-refractivity contribution >= 4 is 26.6 Å². The summed E-state index contributed by atoms with van der Waals surface area (Å²) in [6.45, 7) is 12.5. The maximum absolute atomic E-state index is 5.14. The quantitative estimate of drug-likeness (QED) is 0.594. The van der Waals surface area contributed by atoms with E-state index >= 15 is 0 Å². The van der Waals surface area contributed by atoms with Gasteiger partial charge in [-0.15, -0.1) is 11.7 Å². The van der Waals surface area contributed by atoms with E-state index in [1.807, 2.05) is 0 Å². The first kappa shape index (κ1) is 15.3. The summed E-state index contributed by atoms with van der Waals surface area (Å²) in [6, 6.07) is 0.291. The van der Waals surface area contributed by atoms with Gasteiger partial charge < -0.3 is 4.90 Å². The zero-order valence-electron chi connectivity index (χ0n) is 13.3. The third-order valence-corrected chi connectivity index (χ3v) is 5.97. The molecule has 2 heterocycles. The van der Waals surface area contributed by atoms with Crippen LogP contribution in [0.15, 0.2) is 15.6 Å². The summed E-state index contributed by atoms with van der Waals surface area (Å²) in [5, 5.41) is 0. The van der Waals surface area contributed by atoms with Crippen molar-refractivity contribution in [3.63, 3.8) is 0 Å². The molecule has 0 spiro atoms. The number of hydrogen-bond donors (Lipinski definition) is 1. The normalized spacial score (nSPS) is 25.2. The smallest absolute Gasteiger partial charge is 0.106 e. The Kier molecular flexibility index (Phi) is 3.81. The van der Waals surface area contributed by atoms with Crippen molar-refractivity contribution in [1.29, 1.82) is 0 Å². The third kappa shape index (κ3) is 2.71. The molecule has 2 aliphatic heterocycles. The molecule has 0 aromatic carbocycles. The predicted molar refractivity (Wildman–Crippen MR) is 92.3 cm³/mol. The van der Waals surface area contributed by atoms with Crippen molar-refractivity contribution in [3.8, 4) is 0 Å². The van der Waals surface area contributed by atoms with Gasteiger partial charge in [-0.3, -0.25) is 4.99 Å². The van der Waals surface area contributed by atoms with Crippen LogP contribution in [0.25, 0.3) is 0 Å². The minimum atomic E-state index is -1.01. The lowest BCUT2D eigenvalue weighted by atomic mass is 9.83. The average Bonchev–Trinajstić information content (AvgIpc) is 2.14. The van der Waals surface area contributed by atoms with Gasteiger partial charge in [0.15, 0.2) is 0 Å². The summed E-state index contributed by atoms with van der Waals surface area (Å²) >= 11 is 4.93. The fourth-order valence-corrected chi connectivity index (χ4v) is 5.23. The van der Waals surface area contributed by atoms with Crippen molar-refractivity contribution in [1.82, 2.24) is 4.90 Å². The zero-order valence-corrected chi connectivity index (χ0v) is 15.0. The standard InChI is InChI=1S/C15H28N2S2/c1-10(2)14-16-13(15(3,4)5)12(19(6,7)18)11-8-9-17(11)14/h10,13,18H,8-9H2,1-7H3. The van der Waals surface area contributed by atoms with Gasteiger partial charge in [-0.1, -0.05) is 34.6 Å². The van der Waals surface area contributed by atoms with E-state index in [2.05, 4.69) is 52.0 Å². The van der Waals surface area contributed by atoms with Gasteiger partial charge in [0.25, 0.3) is 0 Å². The summed E-state index contributed by atoms with van der Waals surface area (Å²) in [6.07, 6.45) is 5.76. The van der Waals surface area contributed by atoms with Gasteiger partial charge in [0.05, 0.1) is 6.04 Å². The molecule has 0 bridgehead atoms. The lowest BCUT2D eigenvalue weighted by molar-refractivity contribution is 0.304. The molecule has 1 saturated heterocycles. The SMILES string of the molecule is CC(C)C1=NC(C(C)(C)C)C(S(C)(C)S)=C2CCN12. The summed E-state index contributed by atoms with van der Waals surface area (Å²) in [7, 11) is -1.01. The van der Waals surface area contributed by atoms with Crippen LogP contribution in [0.4, 0.5) is 0 Å². The van der Waals surface area contributed by atoms with Crippen LogP contribution in [-0.4, -0.2) is 35.8 Å². The topological polar surface area (TPSA) is 15.6 Å². The Morgan fingerprint density at radius 2 is 1.89 bits per heavy atom. The van der Waals surface area contributed by atoms with E-state index in [1.165, 1.54) is 22.9 Å². The van der Waals surface area contributed by atoms with Crippen molar-refractivity contribution in [2.45, 2.75) is 47.1 Å². The van der Waals surface area contributed by atoms with Gasteiger partial charge in [0, 0.05) is 29.5 Å². The van der Waals surface area contributed by atoms with E-state index in [0.29, 0.717) is 12.0 Å². The summed E-state index contributed by atoms with van der Waals surface area (Å²) in [5.74, 6) is 1.78. The van der Waals surface area contributed by atoms with Crippen molar-refractivity contribution in [3.05, 3.63) is 10.6 Å². The monoisotopic (exact) mass is 300 g/mol. The van der Waals surface area contributed by atoms with Crippen LogP contribution in [0, 0.1) is 11.3 Å². The van der Waals surface area contributed by atoms with Crippen molar-refractivity contribution in [2.75, 3.05) is 19.1 Å². The molecule has 0 N–H and O–H groups in total. The largest absolute Gasteiger partial charge is 0.332 e. The van der Waals surface area contributed by atoms with Gasteiger partial charge in [0.2, 0.25) is 0 Å². The molecule has 1 fully saturated rings. The first-order chi connectivity index (χ1) is 8.53. The van der Waals surface area contributed by atoms with Gasteiger partial charge in [0.1, 0.15) is 5.84 Å². The Bertz CT molecular complexity index is 436. The minimum Gasteiger partial charge on any atom is -0.332 e. The molecule has 0 amide bonds. The summed E-state index contributed by atoms with van der Waals surface area (Å²) < 4.78 is 0. The van der Waals surface area contributed by atoms with Crippen LogP contribution in [0.5, 0.6) is 0 Å². The summed E-state index contributed by atoms with van der Waals surface area (Å²) in [5.41, 5.74) is 1.69. The van der Waals surface area contributed by atoms with Crippen molar-refractivity contribution < 1.29 is 0 Å². The van der Waals surface area contributed by atoms with Crippen LogP contribution in [0.1, 0.15) is 41.0 Å². The molecule has 0 saturated carbocycles. The van der Waals surface area contributed by atoms with Gasteiger partial charge >= 0.3 is 0 Å². The molecule has 4 heteroatoms. The zero-order chi connectivity index (χ0) is 14.6. The Labute approximate surface area is 124 Å². The fourth-order valence-electron chi connectivity index (χ4n) is 2.87. The molecule has 1 atom stereocenters. The molecule has 0 aromatic rings. The van der Waals surface area contributed by atoms with Gasteiger partial charge in [-0.05, 0) is 17.9 Å². The Morgan fingerprint density at radius 3 is 2.21 bits per heavy atom. The number of thiol groups is 1. The predicted octanol–water partition coefficient (Wildman–Crippen LogP) is 4.30. The number of amidine groups is 1. The minimum absolute atomic E-state index is 0.164. The van der Waals surface area contributed by atoms with Crippen LogP contribution in [-0.2, 0) is 0 Å². The first-order valence-corrected chi connectivity index (χ1v) is 10.6. The molecular weight excluding hydrogens is 272 g/mol. The van der Waals surface area contributed by atoms with E-state index in [0.717, 1.165) is 6.54 Å². The lowest BCUT2D eigenvalue weighted by Crippen LogP contribution is -2.50. The summed E-state index contributed by atoms with van der Waals surface area (Å²) in [4.78, 5) is 9.09. The molecule has 2 aliphatic rings. The molecule has 2 nitrogen and oxygen atoms in total. The van der Waals surface area contributed by atoms with Crippen LogP contribution in [0.2, 0.25) is 0 Å². The number of fused-ring (bicyclic) bond motifs is 1. The Balaban J connectivity index is 2.53. The van der Waals surface area contributed by atoms with E-state index < -0.39 is 9.06 Å². The second-order valence-corrected chi connectivity index (χ2v) is 13.1. The molecular formula is C15H28N2S2. The highest BCUT2D eigenvalue weighted by Crippen LogP contribution is 2.61.